The van der Waals surface area contributed by atoms with E-state index >= 15 is 0 Å². The van der Waals surface area contributed by atoms with Crippen LogP contribution in [0.1, 0.15) is 23.6 Å². The Bertz CT molecular complexity index is 379. The Hall–Kier alpha value is -1.27. The van der Waals surface area contributed by atoms with Gasteiger partial charge in [0.1, 0.15) is 5.75 Å². The van der Waals surface area contributed by atoms with Gasteiger partial charge in [0, 0.05) is 12.6 Å². The van der Waals surface area contributed by atoms with Gasteiger partial charge in [-0.2, -0.15) is 13.2 Å². The van der Waals surface area contributed by atoms with E-state index in [0.29, 0.717) is 5.56 Å². The summed E-state index contributed by atoms with van der Waals surface area (Å²) < 4.78 is 42.6. The molecule has 0 aliphatic heterocycles. The van der Waals surface area contributed by atoms with Gasteiger partial charge in [-0.25, -0.2) is 0 Å². The second-order valence-corrected chi connectivity index (χ2v) is 3.61. The third-order valence-electron chi connectivity index (χ3n) is 2.36. The normalized spacial score (nSPS) is 13.5. The van der Waals surface area contributed by atoms with Crippen LogP contribution in [0, 0.1) is 0 Å². The Balaban J connectivity index is 3.14. The van der Waals surface area contributed by atoms with E-state index < -0.39 is 17.8 Å². The molecule has 3 nitrogen and oxygen atoms in total. The summed E-state index contributed by atoms with van der Waals surface area (Å²) in [7, 11) is 1.29. The zero-order chi connectivity index (χ0) is 13.1. The SMILES string of the molecule is COc1cc([C@H](N)CCO)cc(C(F)(F)F)c1. The number of alkyl halides is 3. The fraction of sp³-hybridized carbons (Fsp3) is 0.455. The van der Waals surface area contributed by atoms with E-state index in [1.165, 1.54) is 13.2 Å². The van der Waals surface area contributed by atoms with Crippen LogP contribution in [-0.4, -0.2) is 18.8 Å². The zero-order valence-electron chi connectivity index (χ0n) is 9.29. The summed E-state index contributed by atoms with van der Waals surface area (Å²) in [5.41, 5.74) is 5.15. The Kier molecular flexibility index (Phi) is 4.36. The highest BCUT2D eigenvalue weighted by Crippen LogP contribution is 2.34. The topological polar surface area (TPSA) is 55.5 Å². The molecule has 0 unspecified atom stereocenters. The van der Waals surface area contributed by atoms with Crippen molar-refractivity contribution < 1.29 is 23.0 Å². The number of benzene rings is 1. The number of aliphatic hydroxyl groups is 1. The van der Waals surface area contributed by atoms with E-state index in [1.54, 1.807) is 0 Å². The monoisotopic (exact) mass is 249 g/mol. The Labute approximate surface area is 97.0 Å². The van der Waals surface area contributed by atoms with Gasteiger partial charge in [-0.3, -0.25) is 0 Å². The lowest BCUT2D eigenvalue weighted by Gasteiger charge is -2.15. The van der Waals surface area contributed by atoms with Crippen molar-refractivity contribution in [1.29, 1.82) is 0 Å². The molecule has 0 bridgehead atoms. The van der Waals surface area contributed by atoms with E-state index in [2.05, 4.69) is 0 Å². The number of nitrogens with two attached hydrogens (primary N) is 1. The average molecular weight is 249 g/mol. The number of hydrogen-bond acceptors (Lipinski definition) is 3. The van der Waals surface area contributed by atoms with Crippen molar-refractivity contribution in [2.45, 2.75) is 18.6 Å². The lowest BCUT2D eigenvalue weighted by Crippen LogP contribution is -2.14. The Morgan fingerprint density at radius 3 is 2.47 bits per heavy atom. The Morgan fingerprint density at radius 1 is 1.35 bits per heavy atom. The lowest BCUT2D eigenvalue weighted by molar-refractivity contribution is -0.137. The molecule has 0 amide bonds. The third kappa shape index (κ3) is 3.61. The smallest absolute Gasteiger partial charge is 0.416 e. The van der Waals surface area contributed by atoms with Gasteiger partial charge in [0.15, 0.2) is 0 Å². The van der Waals surface area contributed by atoms with Gasteiger partial charge in [0.2, 0.25) is 0 Å². The molecule has 1 aromatic carbocycles. The molecule has 96 valence electrons. The molecule has 0 aliphatic rings. The van der Waals surface area contributed by atoms with Gasteiger partial charge in [-0.05, 0) is 30.2 Å². The molecule has 0 aliphatic carbocycles. The van der Waals surface area contributed by atoms with Crippen molar-refractivity contribution in [2.24, 2.45) is 5.73 Å². The molecule has 0 spiro atoms. The number of halogens is 3. The van der Waals surface area contributed by atoms with Crippen molar-refractivity contribution in [3.63, 3.8) is 0 Å². The van der Waals surface area contributed by atoms with Crippen molar-refractivity contribution >= 4 is 0 Å². The highest BCUT2D eigenvalue weighted by Gasteiger charge is 2.31. The fourth-order valence-corrected chi connectivity index (χ4v) is 1.42. The number of hydrogen-bond donors (Lipinski definition) is 2. The number of methoxy groups -OCH3 is 1. The first kappa shape index (κ1) is 13.8. The highest BCUT2D eigenvalue weighted by molar-refractivity contribution is 5.37. The second kappa shape index (κ2) is 5.37. The molecular weight excluding hydrogens is 235 g/mol. The van der Waals surface area contributed by atoms with E-state index in [4.69, 9.17) is 15.6 Å². The van der Waals surface area contributed by atoms with E-state index in [0.717, 1.165) is 12.1 Å². The minimum Gasteiger partial charge on any atom is -0.497 e. The van der Waals surface area contributed by atoms with Crippen molar-refractivity contribution in [3.05, 3.63) is 29.3 Å². The molecule has 1 aromatic rings. The molecule has 0 saturated heterocycles. The second-order valence-electron chi connectivity index (χ2n) is 3.61. The van der Waals surface area contributed by atoms with Gasteiger partial charge in [0.05, 0.1) is 12.7 Å². The summed E-state index contributed by atoms with van der Waals surface area (Å²) >= 11 is 0. The Morgan fingerprint density at radius 2 is 2.00 bits per heavy atom. The van der Waals surface area contributed by atoms with Crippen LogP contribution in [0.4, 0.5) is 13.2 Å². The highest BCUT2D eigenvalue weighted by atomic mass is 19.4. The number of ether oxygens (including phenoxy) is 1. The first-order valence-corrected chi connectivity index (χ1v) is 5.01. The van der Waals surface area contributed by atoms with Gasteiger partial charge in [-0.15, -0.1) is 0 Å². The van der Waals surface area contributed by atoms with Crippen LogP contribution in [0.3, 0.4) is 0 Å². The molecule has 17 heavy (non-hydrogen) atoms. The molecule has 3 N–H and O–H groups in total. The van der Waals surface area contributed by atoms with Gasteiger partial charge >= 0.3 is 6.18 Å². The average Bonchev–Trinajstić information content (AvgIpc) is 2.27. The molecule has 1 rings (SSSR count). The van der Waals surface area contributed by atoms with Gasteiger partial charge in [0.25, 0.3) is 0 Å². The first-order chi connectivity index (χ1) is 7.88. The summed E-state index contributed by atoms with van der Waals surface area (Å²) in [6.07, 6.45) is -4.24. The maximum Gasteiger partial charge on any atom is 0.416 e. The van der Waals surface area contributed by atoms with Gasteiger partial charge < -0.3 is 15.6 Å². The number of rotatable bonds is 4. The van der Waals surface area contributed by atoms with Crippen LogP contribution in [0.5, 0.6) is 5.75 Å². The summed E-state index contributed by atoms with van der Waals surface area (Å²) in [5, 5.41) is 8.72. The van der Waals surface area contributed by atoms with Gasteiger partial charge in [-0.1, -0.05) is 0 Å². The maximum atomic E-state index is 12.6. The standard InChI is InChI=1S/C11H14F3NO2/c1-17-9-5-7(10(15)2-3-16)4-8(6-9)11(12,13)14/h4-6,10,16H,2-3,15H2,1H3/t10-/m1/s1. The molecule has 0 fully saturated rings. The maximum absolute atomic E-state index is 12.6. The number of aliphatic hydroxyl groups excluding tert-OH is 1. The largest absolute Gasteiger partial charge is 0.497 e. The quantitative estimate of drug-likeness (QED) is 0.859. The predicted molar refractivity (Wildman–Crippen MR) is 56.6 cm³/mol. The summed E-state index contributed by atoms with van der Waals surface area (Å²) in [4.78, 5) is 0. The van der Waals surface area contributed by atoms with Crippen LogP contribution >= 0.6 is 0 Å². The third-order valence-corrected chi connectivity index (χ3v) is 2.36. The molecule has 1 atom stereocenters. The minimum atomic E-state index is -4.44. The lowest BCUT2D eigenvalue weighted by atomic mass is 10.0. The molecule has 0 radical (unpaired) electrons. The van der Waals surface area contributed by atoms with Crippen molar-refractivity contribution in [3.8, 4) is 5.75 Å². The summed E-state index contributed by atoms with van der Waals surface area (Å²) in [5.74, 6) is 0.100. The minimum absolute atomic E-state index is 0.100. The zero-order valence-corrected chi connectivity index (χ0v) is 9.29. The predicted octanol–water partition coefficient (Wildman–Crippen LogP) is 2.10. The van der Waals surface area contributed by atoms with Crippen LogP contribution in [0.25, 0.3) is 0 Å². The molecular formula is C11H14F3NO2. The van der Waals surface area contributed by atoms with Crippen LogP contribution in [-0.2, 0) is 6.18 Å². The molecule has 0 aromatic heterocycles. The van der Waals surface area contributed by atoms with E-state index in [-0.39, 0.29) is 18.8 Å². The summed E-state index contributed by atoms with van der Waals surface area (Å²) in [6.45, 7) is -0.181. The van der Waals surface area contributed by atoms with Crippen LogP contribution in [0.15, 0.2) is 18.2 Å². The summed E-state index contributed by atoms with van der Waals surface area (Å²) in [6, 6.07) is 2.68. The van der Waals surface area contributed by atoms with E-state index in [9.17, 15) is 13.2 Å². The molecule has 0 saturated carbocycles. The molecule has 0 heterocycles. The first-order valence-electron chi connectivity index (χ1n) is 5.01. The molecule has 6 heteroatoms. The van der Waals surface area contributed by atoms with Crippen LogP contribution in [0.2, 0.25) is 0 Å². The van der Waals surface area contributed by atoms with Crippen molar-refractivity contribution in [2.75, 3.05) is 13.7 Å². The van der Waals surface area contributed by atoms with E-state index in [1.807, 2.05) is 0 Å². The van der Waals surface area contributed by atoms with Crippen LogP contribution < -0.4 is 10.5 Å². The fourth-order valence-electron chi connectivity index (χ4n) is 1.42. The van der Waals surface area contributed by atoms with Crippen molar-refractivity contribution in [1.82, 2.24) is 0 Å².